The van der Waals surface area contributed by atoms with Gasteiger partial charge >= 0.3 is 11.9 Å². The number of ether oxygens (including phenoxy) is 2. The van der Waals surface area contributed by atoms with Crippen molar-refractivity contribution in [2.75, 3.05) is 14.2 Å². The van der Waals surface area contributed by atoms with E-state index < -0.39 is 0 Å². The number of hydrogen-bond acceptors (Lipinski definition) is 5. The fraction of sp³-hybridized carbons (Fsp3) is 0.643. The van der Waals surface area contributed by atoms with E-state index in [1.165, 1.54) is 14.2 Å². The average molecular weight is 270 g/mol. The number of allylic oxidation sites excluding steroid dienone is 1. The molecule has 0 saturated carbocycles. The number of hydrogen-bond donors (Lipinski definition) is 0. The number of carbonyl (C=O) groups is 3. The van der Waals surface area contributed by atoms with Crippen LogP contribution in [0.15, 0.2) is 12.2 Å². The van der Waals surface area contributed by atoms with Gasteiger partial charge in [-0.2, -0.15) is 0 Å². The highest BCUT2D eigenvalue weighted by Crippen LogP contribution is 2.11. The van der Waals surface area contributed by atoms with E-state index in [1.54, 1.807) is 0 Å². The Balaban J connectivity index is 3.68. The number of methoxy groups -OCH3 is 2. The van der Waals surface area contributed by atoms with E-state index in [4.69, 9.17) is 0 Å². The maximum atomic E-state index is 11.7. The van der Waals surface area contributed by atoms with Crippen molar-refractivity contribution >= 4 is 17.7 Å². The van der Waals surface area contributed by atoms with E-state index in [-0.39, 0.29) is 17.7 Å². The summed E-state index contributed by atoms with van der Waals surface area (Å²) in [6.45, 7) is 3.71. The Morgan fingerprint density at radius 3 is 1.79 bits per heavy atom. The first-order valence-electron chi connectivity index (χ1n) is 6.35. The number of unbranched alkanes of at least 4 members (excludes halogenated alkanes) is 1. The average Bonchev–Trinajstić information content (AvgIpc) is 2.42. The number of carbonyl (C=O) groups excluding carboxylic acids is 3. The maximum absolute atomic E-state index is 11.7. The van der Waals surface area contributed by atoms with Crippen LogP contribution in [0.25, 0.3) is 0 Å². The van der Waals surface area contributed by atoms with Gasteiger partial charge in [-0.25, -0.2) is 0 Å². The molecular formula is C14H22O5. The fourth-order valence-electron chi connectivity index (χ4n) is 1.52. The van der Waals surface area contributed by atoms with E-state index >= 15 is 0 Å². The van der Waals surface area contributed by atoms with Gasteiger partial charge in [0, 0.05) is 19.3 Å². The third-order valence-corrected chi connectivity index (χ3v) is 2.74. The zero-order chi connectivity index (χ0) is 14.7. The standard InChI is InChI=1S/C14H22O5/c1-11(7-6-10-14(17)19-3)12(15)8-4-5-9-13(16)18-2/h1,4-10H2,2-3H3. The highest BCUT2D eigenvalue weighted by Gasteiger charge is 2.09. The monoisotopic (exact) mass is 270 g/mol. The maximum Gasteiger partial charge on any atom is 0.305 e. The minimum Gasteiger partial charge on any atom is -0.469 e. The first-order chi connectivity index (χ1) is 9.01. The van der Waals surface area contributed by atoms with Crippen molar-refractivity contribution in [3.8, 4) is 0 Å². The summed E-state index contributed by atoms with van der Waals surface area (Å²) in [5.74, 6) is -0.544. The lowest BCUT2D eigenvalue weighted by Gasteiger charge is -2.04. The number of rotatable bonds is 10. The summed E-state index contributed by atoms with van der Waals surface area (Å²) in [7, 11) is 2.68. The van der Waals surface area contributed by atoms with Crippen molar-refractivity contribution in [1.82, 2.24) is 0 Å². The van der Waals surface area contributed by atoms with E-state index in [2.05, 4.69) is 16.1 Å². The summed E-state index contributed by atoms with van der Waals surface area (Å²) in [6, 6.07) is 0. The van der Waals surface area contributed by atoms with Crippen LogP contribution in [0.4, 0.5) is 0 Å². The molecule has 0 heterocycles. The summed E-state index contributed by atoms with van der Waals surface area (Å²) in [5.41, 5.74) is 0.530. The van der Waals surface area contributed by atoms with E-state index in [1.807, 2.05) is 0 Å². The number of ketones is 1. The second-order valence-corrected chi connectivity index (χ2v) is 4.24. The number of esters is 2. The van der Waals surface area contributed by atoms with E-state index in [0.717, 1.165) is 0 Å². The van der Waals surface area contributed by atoms with Gasteiger partial charge in [0.05, 0.1) is 14.2 Å². The van der Waals surface area contributed by atoms with Crippen molar-refractivity contribution in [2.24, 2.45) is 0 Å². The summed E-state index contributed by atoms with van der Waals surface area (Å²) in [4.78, 5) is 33.4. The fourth-order valence-corrected chi connectivity index (χ4v) is 1.52. The first kappa shape index (κ1) is 17.4. The Bertz CT molecular complexity index is 333. The molecule has 0 bridgehead atoms. The summed E-state index contributed by atoms with van der Waals surface area (Å²) >= 11 is 0. The minimum absolute atomic E-state index is 0.00488. The molecule has 0 aromatic rings. The molecule has 19 heavy (non-hydrogen) atoms. The van der Waals surface area contributed by atoms with Gasteiger partial charge in [0.2, 0.25) is 0 Å². The Morgan fingerprint density at radius 2 is 1.26 bits per heavy atom. The Hall–Kier alpha value is -1.65. The van der Waals surface area contributed by atoms with Gasteiger partial charge in [0.1, 0.15) is 0 Å². The topological polar surface area (TPSA) is 69.7 Å². The van der Waals surface area contributed by atoms with Crippen LogP contribution in [0.2, 0.25) is 0 Å². The smallest absolute Gasteiger partial charge is 0.305 e. The van der Waals surface area contributed by atoms with Gasteiger partial charge < -0.3 is 9.47 Å². The van der Waals surface area contributed by atoms with Gasteiger partial charge in [0.15, 0.2) is 5.78 Å². The minimum atomic E-state index is -0.279. The molecule has 0 atom stereocenters. The lowest BCUT2D eigenvalue weighted by Crippen LogP contribution is -2.05. The second-order valence-electron chi connectivity index (χ2n) is 4.24. The molecule has 108 valence electrons. The molecular weight excluding hydrogens is 248 g/mol. The van der Waals surface area contributed by atoms with Crippen molar-refractivity contribution in [2.45, 2.75) is 44.9 Å². The Kier molecular flexibility index (Phi) is 9.40. The molecule has 0 aliphatic heterocycles. The largest absolute Gasteiger partial charge is 0.469 e. The molecule has 0 unspecified atom stereocenters. The van der Waals surface area contributed by atoms with Crippen molar-refractivity contribution in [3.05, 3.63) is 12.2 Å². The first-order valence-corrected chi connectivity index (χ1v) is 6.35. The summed E-state index contributed by atoms with van der Waals surface area (Å²) in [5, 5.41) is 0. The van der Waals surface area contributed by atoms with Gasteiger partial charge in [-0.1, -0.05) is 6.58 Å². The number of Topliss-reactive ketones (excluding diaryl/α,β-unsaturated/α-hetero) is 1. The summed E-state index contributed by atoms with van der Waals surface area (Å²) < 4.78 is 9.01. The highest BCUT2D eigenvalue weighted by molar-refractivity contribution is 5.94. The van der Waals surface area contributed by atoms with Gasteiger partial charge in [-0.15, -0.1) is 0 Å². The predicted octanol–water partition coefficient (Wildman–Crippen LogP) is 2.19. The zero-order valence-corrected chi connectivity index (χ0v) is 11.7. The molecule has 0 N–H and O–H groups in total. The van der Waals surface area contributed by atoms with Crippen molar-refractivity contribution < 1.29 is 23.9 Å². The van der Waals surface area contributed by atoms with Crippen LogP contribution in [0.3, 0.4) is 0 Å². The van der Waals surface area contributed by atoms with Crippen LogP contribution in [0.1, 0.15) is 44.9 Å². The lowest BCUT2D eigenvalue weighted by atomic mass is 10.0. The summed E-state index contributed by atoms with van der Waals surface area (Å²) in [6.07, 6.45) is 3.36. The molecule has 0 rings (SSSR count). The molecule has 0 spiro atoms. The Labute approximate surface area is 114 Å². The lowest BCUT2D eigenvalue weighted by molar-refractivity contribution is -0.141. The molecule has 0 amide bonds. The van der Waals surface area contributed by atoms with Crippen LogP contribution >= 0.6 is 0 Å². The second kappa shape index (κ2) is 10.3. The van der Waals surface area contributed by atoms with E-state index in [0.29, 0.717) is 50.5 Å². The predicted molar refractivity (Wildman–Crippen MR) is 70.5 cm³/mol. The SMILES string of the molecule is C=C(CCCC(=O)OC)C(=O)CCCCC(=O)OC. The van der Waals surface area contributed by atoms with Crippen molar-refractivity contribution in [1.29, 1.82) is 0 Å². The molecule has 0 aliphatic carbocycles. The quantitative estimate of drug-likeness (QED) is 0.346. The molecule has 0 saturated heterocycles. The zero-order valence-electron chi connectivity index (χ0n) is 11.7. The molecule has 0 fully saturated rings. The van der Waals surface area contributed by atoms with Crippen LogP contribution in [-0.4, -0.2) is 31.9 Å². The van der Waals surface area contributed by atoms with Crippen LogP contribution < -0.4 is 0 Å². The molecule has 0 aliphatic rings. The Morgan fingerprint density at radius 1 is 0.789 bits per heavy atom. The third kappa shape index (κ3) is 8.99. The third-order valence-electron chi connectivity index (χ3n) is 2.74. The van der Waals surface area contributed by atoms with Crippen LogP contribution in [0.5, 0.6) is 0 Å². The molecule has 0 radical (unpaired) electrons. The van der Waals surface area contributed by atoms with Crippen LogP contribution in [-0.2, 0) is 23.9 Å². The van der Waals surface area contributed by atoms with Gasteiger partial charge in [-0.3, -0.25) is 14.4 Å². The molecule has 5 heteroatoms. The van der Waals surface area contributed by atoms with E-state index in [9.17, 15) is 14.4 Å². The molecule has 0 aromatic heterocycles. The van der Waals surface area contributed by atoms with Gasteiger partial charge in [-0.05, 0) is 31.3 Å². The van der Waals surface area contributed by atoms with Crippen molar-refractivity contribution in [3.63, 3.8) is 0 Å². The molecule has 0 aromatic carbocycles. The normalized spacial score (nSPS) is 9.79. The molecule has 5 nitrogen and oxygen atoms in total. The van der Waals surface area contributed by atoms with Crippen LogP contribution in [0, 0.1) is 0 Å². The van der Waals surface area contributed by atoms with Gasteiger partial charge in [0.25, 0.3) is 0 Å². The highest BCUT2D eigenvalue weighted by atomic mass is 16.5.